The Hall–Kier alpha value is -2.29. The molecule has 4 atom stereocenters. The van der Waals surface area contributed by atoms with Gasteiger partial charge in [-0.05, 0) is 46.0 Å². The first-order valence-corrected chi connectivity index (χ1v) is 11.5. The number of aliphatic hydroxyl groups excluding tert-OH is 1. The Balaban J connectivity index is 1.70. The van der Waals surface area contributed by atoms with Crippen LogP contribution in [0.5, 0.6) is 0 Å². The fourth-order valence-corrected chi connectivity index (χ4v) is 4.26. The summed E-state index contributed by atoms with van der Waals surface area (Å²) >= 11 is 3.51. The number of carbonyl (C=O) groups is 2. The molecule has 1 saturated heterocycles. The van der Waals surface area contributed by atoms with Gasteiger partial charge in [-0.25, -0.2) is 0 Å². The van der Waals surface area contributed by atoms with E-state index in [0.717, 1.165) is 21.3 Å². The first-order valence-electron chi connectivity index (χ1n) is 10.7. The summed E-state index contributed by atoms with van der Waals surface area (Å²) in [6.07, 6.45) is 1.20. The van der Waals surface area contributed by atoms with Crippen LogP contribution in [-0.2, 0) is 9.59 Å². The lowest BCUT2D eigenvalue weighted by molar-refractivity contribution is -0.141. The number of pyridine rings is 1. The number of nitrogens with zero attached hydrogens (tertiary/aromatic N) is 2. The normalized spacial score (nSPS) is 20.7. The van der Waals surface area contributed by atoms with Crippen LogP contribution in [0.2, 0.25) is 0 Å². The Morgan fingerprint density at radius 3 is 2.50 bits per heavy atom. The van der Waals surface area contributed by atoms with Crippen molar-refractivity contribution in [3.8, 4) is 11.3 Å². The van der Waals surface area contributed by atoms with Gasteiger partial charge < -0.3 is 21.1 Å². The minimum Gasteiger partial charge on any atom is -0.391 e. The fourth-order valence-electron chi connectivity index (χ4n) is 3.78. The van der Waals surface area contributed by atoms with E-state index in [-0.39, 0.29) is 30.8 Å². The van der Waals surface area contributed by atoms with Crippen LogP contribution < -0.4 is 11.1 Å². The Labute approximate surface area is 197 Å². The minimum atomic E-state index is -0.751. The summed E-state index contributed by atoms with van der Waals surface area (Å²) in [6, 6.07) is 9.86. The Morgan fingerprint density at radius 1 is 1.25 bits per heavy atom. The van der Waals surface area contributed by atoms with Gasteiger partial charge in [0, 0.05) is 29.2 Å². The Kier molecular flexibility index (Phi) is 7.37. The first-order chi connectivity index (χ1) is 15.0. The highest BCUT2D eigenvalue weighted by Gasteiger charge is 2.42. The summed E-state index contributed by atoms with van der Waals surface area (Å²) in [5.74, 6) is -0.604. The third-order valence-electron chi connectivity index (χ3n) is 5.87. The molecular weight excluding hydrogens is 472 g/mol. The van der Waals surface area contributed by atoms with Crippen molar-refractivity contribution in [3.63, 3.8) is 0 Å². The van der Waals surface area contributed by atoms with E-state index in [2.05, 4.69) is 26.2 Å². The highest BCUT2D eigenvalue weighted by molar-refractivity contribution is 9.10. The molecule has 1 aliphatic rings. The van der Waals surface area contributed by atoms with Gasteiger partial charge in [-0.2, -0.15) is 0 Å². The van der Waals surface area contributed by atoms with Crippen LogP contribution in [-0.4, -0.2) is 51.5 Å². The average molecular weight is 503 g/mol. The Bertz CT molecular complexity index is 974. The number of aromatic nitrogens is 1. The summed E-state index contributed by atoms with van der Waals surface area (Å²) in [7, 11) is 0. The summed E-state index contributed by atoms with van der Waals surface area (Å²) in [5.41, 5.74) is 8.43. The molecule has 7 nitrogen and oxygen atoms in total. The van der Waals surface area contributed by atoms with Crippen molar-refractivity contribution in [2.45, 2.75) is 58.3 Å². The lowest BCUT2D eigenvalue weighted by Gasteiger charge is -2.32. The molecule has 0 unspecified atom stereocenters. The molecule has 172 valence electrons. The zero-order valence-electron chi connectivity index (χ0n) is 18.9. The molecule has 0 radical (unpaired) electrons. The number of halogens is 1. The van der Waals surface area contributed by atoms with E-state index < -0.39 is 23.6 Å². The highest BCUT2D eigenvalue weighted by atomic mass is 79.9. The molecule has 32 heavy (non-hydrogen) atoms. The minimum absolute atomic E-state index is 0.114. The zero-order chi connectivity index (χ0) is 23.6. The van der Waals surface area contributed by atoms with Gasteiger partial charge in [0.15, 0.2) is 0 Å². The van der Waals surface area contributed by atoms with Gasteiger partial charge >= 0.3 is 0 Å². The van der Waals surface area contributed by atoms with Crippen molar-refractivity contribution < 1.29 is 14.7 Å². The number of aliphatic hydroxyl groups is 1. The van der Waals surface area contributed by atoms with E-state index in [1.807, 2.05) is 64.1 Å². The molecule has 0 aliphatic carbocycles. The molecule has 2 amide bonds. The fraction of sp³-hybridized carbons (Fsp3) is 0.458. The maximum atomic E-state index is 13.0. The molecule has 0 spiro atoms. The van der Waals surface area contributed by atoms with Crippen molar-refractivity contribution in [1.82, 2.24) is 15.2 Å². The molecular formula is C24H31BrN4O3. The van der Waals surface area contributed by atoms with E-state index in [1.54, 1.807) is 6.20 Å². The highest BCUT2D eigenvalue weighted by Crippen LogP contribution is 2.28. The Morgan fingerprint density at radius 2 is 1.91 bits per heavy atom. The van der Waals surface area contributed by atoms with Crippen molar-refractivity contribution in [1.29, 1.82) is 0 Å². The largest absolute Gasteiger partial charge is 0.391 e. The maximum Gasteiger partial charge on any atom is 0.243 e. The number of carbonyl (C=O) groups excluding carboxylic acids is 2. The molecule has 0 bridgehead atoms. The van der Waals surface area contributed by atoms with Crippen LogP contribution in [0.4, 0.5) is 0 Å². The van der Waals surface area contributed by atoms with Gasteiger partial charge in [0.2, 0.25) is 11.8 Å². The van der Waals surface area contributed by atoms with Gasteiger partial charge in [0.25, 0.3) is 0 Å². The lowest BCUT2D eigenvalue weighted by Crippen LogP contribution is -2.55. The van der Waals surface area contributed by atoms with Gasteiger partial charge in [-0.3, -0.25) is 14.6 Å². The van der Waals surface area contributed by atoms with Crippen molar-refractivity contribution in [2.24, 2.45) is 11.1 Å². The predicted molar refractivity (Wildman–Crippen MR) is 127 cm³/mol. The average Bonchev–Trinajstić information content (AvgIpc) is 3.14. The third kappa shape index (κ3) is 5.36. The third-order valence-corrected chi connectivity index (χ3v) is 6.51. The molecule has 1 aromatic heterocycles. The molecule has 3 rings (SSSR count). The maximum absolute atomic E-state index is 13.0. The number of nitrogens with one attached hydrogen (secondary N) is 1. The molecule has 2 heterocycles. The van der Waals surface area contributed by atoms with Crippen molar-refractivity contribution in [2.75, 3.05) is 6.54 Å². The van der Waals surface area contributed by atoms with Gasteiger partial charge in [-0.1, -0.05) is 45.0 Å². The molecule has 8 heteroatoms. The van der Waals surface area contributed by atoms with E-state index in [4.69, 9.17) is 5.73 Å². The smallest absolute Gasteiger partial charge is 0.243 e. The van der Waals surface area contributed by atoms with E-state index >= 15 is 0 Å². The van der Waals surface area contributed by atoms with E-state index in [1.165, 1.54) is 4.90 Å². The summed E-state index contributed by atoms with van der Waals surface area (Å²) < 4.78 is 0.909. The number of benzene rings is 1. The quantitative estimate of drug-likeness (QED) is 0.582. The topological polar surface area (TPSA) is 109 Å². The van der Waals surface area contributed by atoms with Crippen LogP contribution in [0, 0.1) is 5.41 Å². The number of amides is 2. The number of β-amino-alcohol motifs (C(OH)–C–C–N with tert-alkyl or cyclic N) is 1. The van der Waals surface area contributed by atoms with Crippen LogP contribution >= 0.6 is 15.9 Å². The van der Waals surface area contributed by atoms with E-state index in [9.17, 15) is 14.7 Å². The summed E-state index contributed by atoms with van der Waals surface area (Å²) in [5, 5.41) is 13.1. The molecule has 2 aromatic rings. The number of nitrogens with two attached hydrogens (primary N) is 1. The molecule has 0 saturated carbocycles. The SMILES string of the molecule is C[C@H](NC(=O)[C@@H]1C[C@@H](O)CN1C(=O)[C@@H](N)C(C)(C)C)c1ccc(-c2ncccc2Br)cc1. The van der Waals surface area contributed by atoms with Gasteiger partial charge in [0.05, 0.1) is 23.9 Å². The van der Waals surface area contributed by atoms with Crippen LogP contribution in [0.1, 0.15) is 45.7 Å². The number of hydrogen-bond acceptors (Lipinski definition) is 5. The number of likely N-dealkylation sites (tertiary alicyclic amines) is 1. The second-order valence-corrected chi connectivity index (χ2v) is 10.3. The van der Waals surface area contributed by atoms with Crippen LogP contribution in [0.3, 0.4) is 0 Å². The second kappa shape index (κ2) is 9.68. The van der Waals surface area contributed by atoms with Crippen molar-refractivity contribution in [3.05, 3.63) is 52.6 Å². The van der Waals surface area contributed by atoms with Crippen LogP contribution in [0.25, 0.3) is 11.3 Å². The standard InChI is InChI=1S/C24H31BrN4O3/c1-14(15-7-9-16(10-8-15)20-18(25)6-5-11-27-20)28-22(31)19-12-17(30)13-29(19)23(32)21(26)24(2,3)4/h5-11,14,17,19,21,30H,12-13,26H2,1-4H3,(H,28,31)/t14-,17+,19-,21+/m0/s1. The first kappa shape index (κ1) is 24.4. The molecule has 1 fully saturated rings. The second-order valence-electron chi connectivity index (χ2n) is 9.43. The molecule has 1 aliphatic heterocycles. The summed E-state index contributed by atoms with van der Waals surface area (Å²) in [4.78, 5) is 31.7. The molecule has 1 aromatic carbocycles. The van der Waals surface area contributed by atoms with E-state index in [0.29, 0.717) is 0 Å². The monoisotopic (exact) mass is 502 g/mol. The summed E-state index contributed by atoms with van der Waals surface area (Å²) in [6.45, 7) is 7.65. The van der Waals surface area contributed by atoms with Crippen LogP contribution in [0.15, 0.2) is 47.1 Å². The number of rotatable bonds is 5. The van der Waals surface area contributed by atoms with Gasteiger partial charge in [-0.15, -0.1) is 0 Å². The zero-order valence-corrected chi connectivity index (χ0v) is 20.5. The lowest BCUT2D eigenvalue weighted by atomic mass is 9.86. The number of hydrogen-bond donors (Lipinski definition) is 3. The van der Waals surface area contributed by atoms with Gasteiger partial charge in [0.1, 0.15) is 6.04 Å². The predicted octanol–water partition coefficient (Wildman–Crippen LogP) is 3.02. The molecule has 4 N–H and O–H groups in total. The van der Waals surface area contributed by atoms with Crippen molar-refractivity contribution >= 4 is 27.7 Å².